The number of benzene rings is 1. The van der Waals surface area contributed by atoms with E-state index in [1.165, 1.54) is 0 Å². The van der Waals surface area contributed by atoms with Crippen LogP contribution in [0.3, 0.4) is 0 Å². The van der Waals surface area contributed by atoms with Crippen molar-refractivity contribution in [3.8, 4) is 11.5 Å². The fourth-order valence-electron chi connectivity index (χ4n) is 3.68. The smallest absolute Gasteiger partial charge is 0.309 e. The molecule has 9 nitrogen and oxygen atoms in total. The number of fused-ring (bicyclic) bond motifs is 1. The van der Waals surface area contributed by atoms with Crippen molar-refractivity contribution < 1.29 is 23.8 Å². The fraction of sp³-hybridized carbons (Fsp3) is 0.619. The van der Waals surface area contributed by atoms with Gasteiger partial charge < -0.3 is 29.7 Å². The number of nitrogens with one attached hydrogen (secondary N) is 2. The molecule has 0 bridgehead atoms. The summed E-state index contributed by atoms with van der Waals surface area (Å²) in [7, 11) is 0. The highest BCUT2D eigenvalue weighted by Gasteiger charge is 2.26. The molecule has 3 rings (SSSR count). The summed E-state index contributed by atoms with van der Waals surface area (Å²) in [6.07, 6.45) is 0. The highest BCUT2D eigenvalue weighted by molar-refractivity contribution is 6.35. The quantitative estimate of drug-likeness (QED) is 0.558. The summed E-state index contributed by atoms with van der Waals surface area (Å²) in [6.45, 7) is 10.5. The molecule has 166 valence electrons. The van der Waals surface area contributed by atoms with Crippen LogP contribution in [-0.4, -0.2) is 87.4 Å². The maximum atomic E-state index is 12.3. The minimum absolute atomic E-state index is 0.0872. The van der Waals surface area contributed by atoms with Crippen LogP contribution in [0.4, 0.5) is 0 Å². The van der Waals surface area contributed by atoms with Gasteiger partial charge in [-0.25, -0.2) is 0 Å². The van der Waals surface area contributed by atoms with E-state index in [9.17, 15) is 9.59 Å². The van der Waals surface area contributed by atoms with Crippen molar-refractivity contribution in [2.45, 2.75) is 19.9 Å². The van der Waals surface area contributed by atoms with Gasteiger partial charge in [0, 0.05) is 32.7 Å². The molecule has 0 spiro atoms. The number of likely N-dealkylation sites (N-methyl/N-ethyl adjacent to an activating group) is 1. The molecule has 1 saturated heterocycles. The molecule has 1 aromatic rings. The van der Waals surface area contributed by atoms with Crippen molar-refractivity contribution in [2.24, 2.45) is 0 Å². The normalized spacial score (nSPS) is 17.0. The van der Waals surface area contributed by atoms with E-state index >= 15 is 0 Å². The molecular weight excluding hydrogens is 388 g/mol. The standard InChI is InChI=1S/C21H32N4O5/c1-3-24(4-2)8-7-22-20(26)21(27)23-14-17(25-9-11-28-12-10-25)16-5-6-18-19(13-16)30-15-29-18/h5-6,13,17H,3-4,7-12,14-15H2,1-2H3,(H,22,26)(H,23,27)/t17-/m0/s1. The second kappa shape index (κ2) is 11.1. The van der Waals surface area contributed by atoms with E-state index in [1.807, 2.05) is 18.2 Å². The molecule has 1 fully saturated rings. The van der Waals surface area contributed by atoms with Gasteiger partial charge in [0.25, 0.3) is 0 Å². The van der Waals surface area contributed by atoms with Crippen molar-refractivity contribution in [1.29, 1.82) is 0 Å². The second-order valence-electron chi connectivity index (χ2n) is 7.27. The van der Waals surface area contributed by atoms with E-state index in [4.69, 9.17) is 14.2 Å². The number of hydrogen-bond donors (Lipinski definition) is 2. The maximum absolute atomic E-state index is 12.3. The van der Waals surface area contributed by atoms with Gasteiger partial charge in [0.15, 0.2) is 11.5 Å². The molecule has 0 aliphatic carbocycles. The molecule has 1 aromatic carbocycles. The van der Waals surface area contributed by atoms with Crippen LogP contribution >= 0.6 is 0 Å². The molecular formula is C21H32N4O5. The summed E-state index contributed by atoms with van der Waals surface area (Å²) in [5.74, 6) is 0.199. The molecule has 2 amide bonds. The third-order valence-electron chi connectivity index (χ3n) is 5.54. The number of amides is 2. The fourth-order valence-corrected chi connectivity index (χ4v) is 3.68. The summed E-state index contributed by atoms with van der Waals surface area (Å²) in [4.78, 5) is 28.9. The van der Waals surface area contributed by atoms with Gasteiger partial charge in [-0.1, -0.05) is 19.9 Å². The average Bonchev–Trinajstić information content (AvgIpc) is 3.25. The van der Waals surface area contributed by atoms with Crippen LogP contribution in [-0.2, 0) is 14.3 Å². The van der Waals surface area contributed by atoms with Crippen molar-refractivity contribution in [3.05, 3.63) is 23.8 Å². The maximum Gasteiger partial charge on any atom is 0.309 e. The van der Waals surface area contributed by atoms with Crippen molar-refractivity contribution in [2.75, 3.05) is 65.8 Å². The molecule has 9 heteroatoms. The van der Waals surface area contributed by atoms with E-state index in [-0.39, 0.29) is 12.8 Å². The molecule has 0 saturated carbocycles. The minimum atomic E-state index is -0.617. The molecule has 0 unspecified atom stereocenters. The van der Waals surface area contributed by atoms with Gasteiger partial charge in [0.2, 0.25) is 6.79 Å². The van der Waals surface area contributed by atoms with E-state index in [0.717, 1.165) is 44.0 Å². The Kier molecular flexibility index (Phi) is 8.30. The molecule has 2 aliphatic heterocycles. The molecule has 2 N–H and O–H groups in total. The molecule has 2 aliphatic rings. The van der Waals surface area contributed by atoms with Crippen LogP contribution in [0.1, 0.15) is 25.5 Å². The van der Waals surface area contributed by atoms with E-state index < -0.39 is 11.8 Å². The summed E-state index contributed by atoms with van der Waals surface area (Å²) in [5, 5.41) is 5.49. The number of hydrogen-bond acceptors (Lipinski definition) is 7. The number of morpholine rings is 1. The second-order valence-corrected chi connectivity index (χ2v) is 7.27. The van der Waals surface area contributed by atoms with Crippen LogP contribution in [0.25, 0.3) is 0 Å². The highest BCUT2D eigenvalue weighted by atomic mass is 16.7. The van der Waals surface area contributed by atoms with Gasteiger partial charge in [-0.15, -0.1) is 0 Å². The minimum Gasteiger partial charge on any atom is -0.454 e. The Morgan fingerprint density at radius 2 is 1.77 bits per heavy atom. The predicted molar refractivity (Wildman–Crippen MR) is 112 cm³/mol. The van der Waals surface area contributed by atoms with Crippen LogP contribution < -0.4 is 20.1 Å². The van der Waals surface area contributed by atoms with Gasteiger partial charge in [0.05, 0.1) is 19.3 Å². The van der Waals surface area contributed by atoms with E-state index in [1.54, 1.807) is 0 Å². The van der Waals surface area contributed by atoms with E-state index in [2.05, 4.69) is 34.3 Å². The van der Waals surface area contributed by atoms with Crippen LogP contribution in [0.15, 0.2) is 18.2 Å². The lowest BCUT2D eigenvalue weighted by Crippen LogP contribution is -2.47. The van der Waals surface area contributed by atoms with Crippen molar-refractivity contribution in [3.63, 3.8) is 0 Å². The van der Waals surface area contributed by atoms with Crippen LogP contribution in [0, 0.1) is 0 Å². The number of ether oxygens (including phenoxy) is 3. The van der Waals surface area contributed by atoms with Crippen molar-refractivity contribution in [1.82, 2.24) is 20.4 Å². The molecule has 30 heavy (non-hydrogen) atoms. The van der Waals surface area contributed by atoms with Gasteiger partial charge in [0.1, 0.15) is 0 Å². The molecule has 0 aromatic heterocycles. The zero-order valence-electron chi connectivity index (χ0n) is 17.8. The zero-order chi connectivity index (χ0) is 21.3. The summed E-state index contributed by atoms with van der Waals surface area (Å²) < 4.78 is 16.4. The van der Waals surface area contributed by atoms with Gasteiger partial charge >= 0.3 is 11.8 Å². The lowest BCUT2D eigenvalue weighted by molar-refractivity contribution is -0.139. The summed E-state index contributed by atoms with van der Waals surface area (Å²) >= 11 is 0. The Hall–Kier alpha value is -2.36. The first kappa shape index (κ1) is 22.3. The first-order chi connectivity index (χ1) is 14.6. The lowest BCUT2D eigenvalue weighted by Gasteiger charge is -2.35. The van der Waals surface area contributed by atoms with Crippen molar-refractivity contribution >= 4 is 11.8 Å². The Morgan fingerprint density at radius 3 is 2.50 bits per heavy atom. The van der Waals surface area contributed by atoms with Gasteiger partial charge in [-0.05, 0) is 30.8 Å². The largest absolute Gasteiger partial charge is 0.454 e. The number of rotatable bonds is 9. The number of nitrogens with zero attached hydrogens (tertiary/aromatic N) is 2. The Morgan fingerprint density at radius 1 is 1.07 bits per heavy atom. The third-order valence-corrected chi connectivity index (χ3v) is 5.54. The number of carbonyl (C=O) groups is 2. The van der Waals surface area contributed by atoms with Crippen LogP contribution in [0.2, 0.25) is 0 Å². The zero-order valence-corrected chi connectivity index (χ0v) is 17.8. The molecule has 1 atom stereocenters. The number of carbonyl (C=O) groups excluding carboxylic acids is 2. The highest BCUT2D eigenvalue weighted by Crippen LogP contribution is 2.35. The Balaban J connectivity index is 1.58. The van der Waals surface area contributed by atoms with Crippen LogP contribution in [0.5, 0.6) is 11.5 Å². The first-order valence-corrected chi connectivity index (χ1v) is 10.6. The van der Waals surface area contributed by atoms with Gasteiger partial charge in [-0.3, -0.25) is 14.5 Å². The monoisotopic (exact) mass is 420 g/mol. The first-order valence-electron chi connectivity index (χ1n) is 10.6. The van der Waals surface area contributed by atoms with Gasteiger partial charge in [-0.2, -0.15) is 0 Å². The summed E-state index contributed by atoms with van der Waals surface area (Å²) in [6, 6.07) is 5.71. The van der Waals surface area contributed by atoms with E-state index in [0.29, 0.717) is 32.1 Å². The predicted octanol–water partition coefficient (Wildman–Crippen LogP) is 0.363. The Labute approximate surface area is 177 Å². The summed E-state index contributed by atoms with van der Waals surface area (Å²) in [5.41, 5.74) is 1.00. The average molecular weight is 421 g/mol. The molecule has 0 radical (unpaired) electrons. The lowest BCUT2D eigenvalue weighted by atomic mass is 10.0. The SMILES string of the molecule is CCN(CC)CCNC(=O)C(=O)NC[C@@H](c1ccc2c(c1)OCO2)N1CCOCC1. The topological polar surface area (TPSA) is 92.4 Å². The molecule has 2 heterocycles. The third kappa shape index (κ3) is 5.84. The Bertz CT molecular complexity index is 719.